The summed E-state index contributed by atoms with van der Waals surface area (Å²) >= 11 is 0. The van der Waals surface area contributed by atoms with Crippen LogP contribution in [0, 0.1) is 0 Å². The Bertz CT molecular complexity index is 1950. The van der Waals surface area contributed by atoms with Crippen LogP contribution >= 0.6 is 0 Å². The fourth-order valence-electron chi connectivity index (χ4n) is 5.10. The van der Waals surface area contributed by atoms with Crippen molar-refractivity contribution < 1.29 is 14.4 Å². The van der Waals surface area contributed by atoms with E-state index in [0.29, 0.717) is 42.0 Å². The van der Waals surface area contributed by atoms with Gasteiger partial charge in [-0.2, -0.15) is 0 Å². The number of aromatic nitrogens is 3. The molecule has 6 aromatic rings. The summed E-state index contributed by atoms with van der Waals surface area (Å²) in [6.07, 6.45) is 2.66. The summed E-state index contributed by atoms with van der Waals surface area (Å²) in [5.41, 5.74) is 10.9. The first-order chi connectivity index (χ1) is 20.5. The number of hydrogen-bond acceptors (Lipinski definition) is 6. The summed E-state index contributed by atoms with van der Waals surface area (Å²) in [6.45, 7) is 2.89. The predicted octanol–water partition coefficient (Wildman–Crippen LogP) is 5.59. The van der Waals surface area contributed by atoms with Crippen molar-refractivity contribution in [2.75, 3.05) is 6.54 Å². The summed E-state index contributed by atoms with van der Waals surface area (Å²) < 4.78 is 9.20. The predicted molar refractivity (Wildman–Crippen MR) is 164 cm³/mol. The third-order valence-electron chi connectivity index (χ3n) is 7.10. The van der Waals surface area contributed by atoms with E-state index in [1.807, 2.05) is 103 Å². The molecular formula is C34H30N4O4. The zero-order valence-corrected chi connectivity index (χ0v) is 23.2. The van der Waals surface area contributed by atoms with Gasteiger partial charge in [0.2, 0.25) is 0 Å². The van der Waals surface area contributed by atoms with Gasteiger partial charge in [-0.3, -0.25) is 4.79 Å². The Labute approximate surface area is 242 Å². The molecule has 0 aliphatic heterocycles. The van der Waals surface area contributed by atoms with Crippen LogP contribution in [-0.2, 0) is 17.9 Å². The first kappa shape index (κ1) is 27.0. The minimum atomic E-state index is -0.605. The third-order valence-corrected chi connectivity index (χ3v) is 7.10. The van der Waals surface area contributed by atoms with Gasteiger partial charge in [-0.15, -0.1) is 4.73 Å². The molecule has 0 amide bonds. The number of carbonyl (C=O) groups excluding carboxylic acids is 1. The molecule has 2 N–H and O–H groups in total. The van der Waals surface area contributed by atoms with E-state index < -0.39 is 11.5 Å². The Morgan fingerprint density at radius 1 is 0.881 bits per heavy atom. The smallest absolute Gasteiger partial charge is 0.330 e. The number of nitrogens with two attached hydrogens (primary N) is 1. The number of fused-ring (bicyclic) bond motifs is 2. The number of carbonyl (C=O) groups is 1. The zero-order chi connectivity index (χ0) is 29.1. The van der Waals surface area contributed by atoms with Crippen molar-refractivity contribution in [3.05, 3.63) is 119 Å². The topological polar surface area (TPSA) is 101 Å². The summed E-state index contributed by atoms with van der Waals surface area (Å²) in [6, 6.07) is 31.1. The molecule has 0 saturated heterocycles. The van der Waals surface area contributed by atoms with Gasteiger partial charge in [0.25, 0.3) is 0 Å². The van der Waals surface area contributed by atoms with Crippen LogP contribution in [0.1, 0.15) is 18.9 Å². The minimum absolute atomic E-state index is 0.186. The van der Waals surface area contributed by atoms with Crippen molar-refractivity contribution in [1.29, 1.82) is 0 Å². The quantitative estimate of drug-likeness (QED) is 0.248. The van der Waals surface area contributed by atoms with Crippen molar-refractivity contribution in [3.8, 4) is 28.1 Å². The van der Waals surface area contributed by atoms with Crippen LogP contribution in [0.2, 0.25) is 0 Å². The Kier molecular flexibility index (Phi) is 7.53. The average molecular weight is 559 g/mol. The highest BCUT2D eigenvalue weighted by atomic mass is 16.7. The fraction of sp³-hybridized carbons (Fsp3) is 0.147. The summed E-state index contributed by atoms with van der Waals surface area (Å²) in [5.74, 6) is 0.105. The van der Waals surface area contributed by atoms with Crippen LogP contribution in [0.25, 0.3) is 44.3 Å². The molecule has 0 spiro atoms. The maximum Gasteiger partial charge on any atom is 0.330 e. The molecule has 8 heteroatoms. The first-order valence-electron chi connectivity index (χ1n) is 13.8. The lowest BCUT2D eigenvalue weighted by molar-refractivity contribution is -0.141. The van der Waals surface area contributed by atoms with E-state index in [1.54, 1.807) is 0 Å². The number of benzene rings is 4. The van der Waals surface area contributed by atoms with E-state index in [1.165, 1.54) is 6.92 Å². The van der Waals surface area contributed by atoms with E-state index >= 15 is 0 Å². The third kappa shape index (κ3) is 5.40. The van der Waals surface area contributed by atoms with Crippen LogP contribution in [0.15, 0.2) is 108 Å². The van der Waals surface area contributed by atoms with Crippen molar-refractivity contribution in [2.24, 2.45) is 5.73 Å². The molecule has 0 unspecified atom stereocenters. The van der Waals surface area contributed by atoms with Gasteiger partial charge in [0.05, 0.1) is 11.0 Å². The molecular weight excluding hydrogens is 528 g/mol. The highest BCUT2D eigenvalue weighted by Gasteiger charge is 2.20. The summed E-state index contributed by atoms with van der Waals surface area (Å²) in [7, 11) is 0. The van der Waals surface area contributed by atoms with Gasteiger partial charge in [-0.25, -0.2) is 9.78 Å². The molecule has 0 bridgehead atoms. The van der Waals surface area contributed by atoms with Gasteiger partial charge in [0, 0.05) is 36.7 Å². The molecule has 42 heavy (non-hydrogen) atoms. The van der Waals surface area contributed by atoms with E-state index in [4.69, 9.17) is 20.3 Å². The van der Waals surface area contributed by atoms with Crippen molar-refractivity contribution in [1.82, 2.24) is 14.3 Å². The summed E-state index contributed by atoms with van der Waals surface area (Å²) in [5, 5.41) is 0.832. The molecule has 0 saturated carbocycles. The molecule has 4 aromatic carbocycles. The lowest BCUT2D eigenvalue weighted by atomic mass is 10.0. The highest BCUT2D eigenvalue weighted by molar-refractivity contribution is 5.97. The van der Waals surface area contributed by atoms with E-state index in [9.17, 15) is 9.59 Å². The average Bonchev–Trinajstić information content (AvgIpc) is 3.38. The Morgan fingerprint density at radius 2 is 1.64 bits per heavy atom. The van der Waals surface area contributed by atoms with E-state index in [2.05, 4.69) is 4.57 Å². The number of nitrogens with zero attached hydrogens (tertiary/aromatic N) is 3. The molecule has 0 fully saturated rings. The van der Waals surface area contributed by atoms with Crippen LogP contribution < -0.4 is 20.9 Å². The molecule has 0 radical (unpaired) electrons. The van der Waals surface area contributed by atoms with E-state index in [0.717, 1.165) is 38.7 Å². The molecule has 2 aromatic heterocycles. The van der Waals surface area contributed by atoms with Crippen molar-refractivity contribution >= 4 is 27.9 Å². The molecule has 210 valence electrons. The fourth-order valence-corrected chi connectivity index (χ4v) is 5.10. The molecule has 6 rings (SSSR count). The van der Waals surface area contributed by atoms with Gasteiger partial charge >= 0.3 is 11.5 Å². The lowest BCUT2D eigenvalue weighted by Crippen LogP contribution is -2.31. The number of ether oxygens (including phenoxy) is 1. The van der Waals surface area contributed by atoms with Crippen molar-refractivity contribution in [3.63, 3.8) is 0 Å². The molecule has 0 atom stereocenters. The second-order valence-electron chi connectivity index (χ2n) is 10.0. The van der Waals surface area contributed by atoms with Gasteiger partial charge in [0.1, 0.15) is 23.6 Å². The maximum atomic E-state index is 13.9. The Hall–Kier alpha value is -5.21. The normalized spacial score (nSPS) is 11.2. The highest BCUT2D eigenvalue weighted by Crippen LogP contribution is 2.32. The molecule has 0 aliphatic carbocycles. The maximum absolute atomic E-state index is 13.9. The monoisotopic (exact) mass is 558 g/mol. The van der Waals surface area contributed by atoms with Crippen LogP contribution in [0.3, 0.4) is 0 Å². The van der Waals surface area contributed by atoms with Crippen LogP contribution in [0.4, 0.5) is 0 Å². The standard InChI is InChI=1S/C34H30N4O4/c1-23(39)42-38-32-19-26(25-11-6-3-7-12-25)13-16-30(32)36-33(34(38)40)29-21-37(18-8-17-35)31-20-27(14-15-28(29)31)41-22-24-9-4-2-5-10-24/h2-7,9-16,19-21H,8,17-18,22,35H2,1H3. The van der Waals surface area contributed by atoms with Gasteiger partial charge in [0.15, 0.2) is 0 Å². The molecule has 8 nitrogen and oxygen atoms in total. The largest absolute Gasteiger partial charge is 0.489 e. The zero-order valence-electron chi connectivity index (χ0n) is 23.2. The summed E-state index contributed by atoms with van der Waals surface area (Å²) in [4.78, 5) is 36.3. The molecule has 0 aliphatic rings. The van der Waals surface area contributed by atoms with Gasteiger partial charge in [-0.1, -0.05) is 66.7 Å². The second-order valence-corrected chi connectivity index (χ2v) is 10.0. The number of hydrogen-bond donors (Lipinski definition) is 1. The van der Waals surface area contributed by atoms with Gasteiger partial charge < -0.3 is 19.9 Å². The SMILES string of the molecule is CC(=O)On1c(=O)c(-c2cn(CCCN)c3cc(OCc4ccccc4)ccc23)nc2ccc(-c3ccccc3)cc21. The molecule has 2 heterocycles. The Morgan fingerprint density at radius 3 is 2.38 bits per heavy atom. The van der Waals surface area contributed by atoms with Crippen LogP contribution in [0.5, 0.6) is 5.75 Å². The number of aryl methyl sites for hydroxylation is 1. The number of rotatable bonds is 9. The minimum Gasteiger partial charge on any atom is -0.489 e. The van der Waals surface area contributed by atoms with E-state index in [-0.39, 0.29) is 5.69 Å². The van der Waals surface area contributed by atoms with Gasteiger partial charge in [-0.05, 0) is 53.9 Å². The lowest BCUT2D eigenvalue weighted by Gasteiger charge is -2.12. The second kappa shape index (κ2) is 11.7. The van der Waals surface area contributed by atoms with Crippen molar-refractivity contribution in [2.45, 2.75) is 26.5 Å². The first-order valence-corrected chi connectivity index (χ1v) is 13.8. The Balaban J connectivity index is 1.48. The van der Waals surface area contributed by atoms with Crippen LogP contribution in [-0.4, -0.2) is 26.8 Å².